The van der Waals surface area contributed by atoms with Crippen molar-refractivity contribution in [2.75, 3.05) is 14.2 Å². The minimum atomic E-state index is -0.586. The van der Waals surface area contributed by atoms with Crippen LogP contribution in [0.15, 0.2) is 40.9 Å². The van der Waals surface area contributed by atoms with Crippen LogP contribution in [0.5, 0.6) is 17.2 Å². The SMILES string of the molecule is COc1ccc(F)cc1COC(=O)c1ccc(OCc2c(C)noc2C)c(OC)c1. The molecule has 0 N–H and O–H groups in total. The van der Waals surface area contributed by atoms with Crippen LogP contribution in [0.3, 0.4) is 0 Å². The maximum absolute atomic E-state index is 13.5. The van der Waals surface area contributed by atoms with Crippen molar-refractivity contribution in [1.82, 2.24) is 5.16 Å². The zero-order valence-electron chi connectivity index (χ0n) is 17.2. The van der Waals surface area contributed by atoms with Crippen LogP contribution in [0, 0.1) is 19.7 Å². The third-order valence-electron chi connectivity index (χ3n) is 4.55. The average molecular weight is 415 g/mol. The van der Waals surface area contributed by atoms with Crippen LogP contribution >= 0.6 is 0 Å². The van der Waals surface area contributed by atoms with Crippen LogP contribution in [-0.4, -0.2) is 25.3 Å². The van der Waals surface area contributed by atoms with Crippen LogP contribution < -0.4 is 14.2 Å². The van der Waals surface area contributed by atoms with E-state index in [4.69, 9.17) is 23.5 Å². The first-order chi connectivity index (χ1) is 14.4. The summed E-state index contributed by atoms with van der Waals surface area (Å²) in [6, 6.07) is 8.72. The van der Waals surface area contributed by atoms with Crippen molar-refractivity contribution in [3.8, 4) is 17.2 Å². The Morgan fingerprint density at radius 3 is 2.40 bits per heavy atom. The van der Waals surface area contributed by atoms with E-state index in [0.717, 1.165) is 11.3 Å². The Bertz CT molecular complexity index is 1030. The van der Waals surface area contributed by atoms with Crippen molar-refractivity contribution in [2.45, 2.75) is 27.1 Å². The molecular weight excluding hydrogens is 393 g/mol. The minimum absolute atomic E-state index is 0.133. The summed E-state index contributed by atoms with van der Waals surface area (Å²) in [5, 5.41) is 3.89. The molecule has 0 spiro atoms. The quantitative estimate of drug-likeness (QED) is 0.505. The van der Waals surface area contributed by atoms with Gasteiger partial charge in [-0.25, -0.2) is 9.18 Å². The fraction of sp³-hybridized carbons (Fsp3) is 0.273. The number of methoxy groups -OCH3 is 2. The number of ether oxygens (including phenoxy) is 4. The number of hydrogen-bond acceptors (Lipinski definition) is 7. The predicted molar refractivity (Wildman–Crippen MR) is 105 cm³/mol. The molecule has 0 bridgehead atoms. The van der Waals surface area contributed by atoms with E-state index in [9.17, 15) is 9.18 Å². The highest BCUT2D eigenvalue weighted by Gasteiger charge is 2.16. The molecule has 0 aliphatic carbocycles. The fourth-order valence-electron chi connectivity index (χ4n) is 2.86. The molecule has 0 aliphatic rings. The zero-order valence-corrected chi connectivity index (χ0v) is 17.2. The summed E-state index contributed by atoms with van der Waals surface area (Å²) in [5.41, 5.74) is 2.30. The highest BCUT2D eigenvalue weighted by Crippen LogP contribution is 2.30. The summed E-state index contributed by atoms with van der Waals surface area (Å²) < 4.78 is 40.2. The summed E-state index contributed by atoms with van der Waals surface area (Å²) in [6.45, 7) is 3.76. The normalized spacial score (nSPS) is 10.6. The number of nitrogens with zero attached hydrogens (tertiary/aromatic N) is 1. The second-order valence-corrected chi connectivity index (χ2v) is 6.49. The number of carbonyl (C=O) groups excluding carboxylic acids is 1. The summed E-state index contributed by atoms with van der Waals surface area (Å²) in [6.07, 6.45) is 0. The molecule has 3 aromatic rings. The Morgan fingerprint density at radius 2 is 1.73 bits per heavy atom. The molecule has 1 aromatic heterocycles. The molecule has 1 heterocycles. The monoisotopic (exact) mass is 415 g/mol. The van der Waals surface area contributed by atoms with Crippen molar-refractivity contribution in [1.29, 1.82) is 0 Å². The van der Waals surface area contributed by atoms with Gasteiger partial charge in [-0.1, -0.05) is 5.16 Å². The van der Waals surface area contributed by atoms with Crippen LogP contribution in [0.4, 0.5) is 4.39 Å². The number of benzene rings is 2. The largest absolute Gasteiger partial charge is 0.496 e. The number of carbonyl (C=O) groups is 1. The van der Waals surface area contributed by atoms with E-state index >= 15 is 0 Å². The Kier molecular flexibility index (Phi) is 6.56. The molecule has 0 saturated carbocycles. The van der Waals surface area contributed by atoms with E-state index in [1.165, 1.54) is 38.5 Å². The zero-order chi connectivity index (χ0) is 21.7. The van der Waals surface area contributed by atoms with Crippen LogP contribution in [0.2, 0.25) is 0 Å². The molecule has 0 fully saturated rings. The van der Waals surface area contributed by atoms with Gasteiger partial charge in [0.2, 0.25) is 0 Å². The topological polar surface area (TPSA) is 80.0 Å². The third kappa shape index (κ3) is 4.71. The summed E-state index contributed by atoms with van der Waals surface area (Å²) in [4.78, 5) is 12.4. The molecule has 8 heteroatoms. The highest BCUT2D eigenvalue weighted by molar-refractivity contribution is 5.90. The second kappa shape index (κ2) is 9.30. The Balaban J connectivity index is 1.69. The van der Waals surface area contributed by atoms with Crippen LogP contribution in [0.25, 0.3) is 0 Å². The van der Waals surface area contributed by atoms with E-state index in [0.29, 0.717) is 28.6 Å². The molecule has 0 atom stereocenters. The average Bonchev–Trinajstić information content (AvgIpc) is 3.07. The van der Waals surface area contributed by atoms with Gasteiger partial charge in [0.15, 0.2) is 11.5 Å². The van der Waals surface area contributed by atoms with E-state index in [2.05, 4.69) is 5.16 Å². The van der Waals surface area contributed by atoms with Crippen molar-refractivity contribution in [2.24, 2.45) is 0 Å². The van der Waals surface area contributed by atoms with E-state index < -0.39 is 11.8 Å². The minimum Gasteiger partial charge on any atom is -0.496 e. The van der Waals surface area contributed by atoms with E-state index in [-0.39, 0.29) is 18.8 Å². The first-order valence-corrected chi connectivity index (χ1v) is 9.15. The fourth-order valence-corrected chi connectivity index (χ4v) is 2.86. The van der Waals surface area contributed by atoms with Crippen molar-refractivity contribution >= 4 is 5.97 Å². The van der Waals surface area contributed by atoms with Gasteiger partial charge < -0.3 is 23.5 Å². The molecule has 3 rings (SSSR count). The van der Waals surface area contributed by atoms with Gasteiger partial charge in [-0.15, -0.1) is 0 Å². The molecule has 0 unspecified atom stereocenters. The Hall–Kier alpha value is -3.55. The summed E-state index contributed by atoms with van der Waals surface area (Å²) in [7, 11) is 2.94. The van der Waals surface area contributed by atoms with Crippen molar-refractivity contribution in [3.63, 3.8) is 0 Å². The third-order valence-corrected chi connectivity index (χ3v) is 4.55. The van der Waals surface area contributed by atoms with Gasteiger partial charge in [0.25, 0.3) is 0 Å². The summed E-state index contributed by atoms with van der Waals surface area (Å²) in [5.74, 6) is 0.921. The van der Waals surface area contributed by atoms with E-state index in [1.807, 2.05) is 13.8 Å². The Labute approximate surface area is 173 Å². The maximum atomic E-state index is 13.5. The molecule has 0 aliphatic heterocycles. The van der Waals surface area contributed by atoms with Crippen LogP contribution in [-0.2, 0) is 18.0 Å². The molecule has 0 amide bonds. The molecular formula is C22H22FNO6. The number of esters is 1. The van der Waals surface area contributed by atoms with Crippen molar-refractivity contribution < 1.29 is 32.7 Å². The molecule has 0 radical (unpaired) electrons. The van der Waals surface area contributed by atoms with Gasteiger partial charge in [-0.05, 0) is 50.2 Å². The van der Waals surface area contributed by atoms with E-state index in [1.54, 1.807) is 12.1 Å². The number of hydrogen-bond donors (Lipinski definition) is 0. The lowest BCUT2D eigenvalue weighted by Gasteiger charge is -2.13. The molecule has 0 saturated heterocycles. The van der Waals surface area contributed by atoms with Gasteiger partial charge in [-0.2, -0.15) is 0 Å². The predicted octanol–water partition coefficient (Wildman–Crippen LogP) is 4.38. The molecule has 2 aromatic carbocycles. The Morgan fingerprint density at radius 1 is 1.00 bits per heavy atom. The first kappa shape index (κ1) is 21.2. The summed E-state index contributed by atoms with van der Waals surface area (Å²) >= 11 is 0. The maximum Gasteiger partial charge on any atom is 0.338 e. The molecule has 7 nitrogen and oxygen atoms in total. The lowest BCUT2D eigenvalue weighted by Crippen LogP contribution is -2.07. The smallest absolute Gasteiger partial charge is 0.338 e. The van der Waals surface area contributed by atoms with Gasteiger partial charge in [0.1, 0.15) is 30.5 Å². The first-order valence-electron chi connectivity index (χ1n) is 9.15. The lowest BCUT2D eigenvalue weighted by molar-refractivity contribution is 0.0469. The molecule has 30 heavy (non-hydrogen) atoms. The van der Waals surface area contributed by atoms with Gasteiger partial charge >= 0.3 is 5.97 Å². The number of aromatic nitrogens is 1. The second-order valence-electron chi connectivity index (χ2n) is 6.49. The molecule has 158 valence electrons. The highest BCUT2D eigenvalue weighted by atomic mass is 19.1. The lowest BCUT2D eigenvalue weighted by atomic mass is 10.2. The number of aryl methyl sites for hydroxylation is 2. The standard InChI is InChI=1S/C22H22FNO6/c1-13-18(14(2)30-24-13)12-28-20-7-5-15(10-21(20)27-4)22(25)29-11-16-9-17(23)6-8-19(16)26-3/h5-10H,11-12H2,1-4H3. The van der Waals surface area contributed by atoms with Gasteiger partial charge in [-0.3, -0.25) is 0 Å². The van der Waals surface area contributed by atoms with Gasteiger partial charge in [0.05, 0.1) is 31.0 Å². The number of rotatable bonds is 8. The van der Waals surface area contributed by atoms with Crippen LogP contribution in [0.1, 0.15) is 32.9 Å². The van der Waals surface area contributed by atoms with Gasteiger partial charge in [0, 0.05) is 5.56 Å². The number of halogens is 1. The van der Waals surface area contributed by atoms with Crippen molar-refractivity contribution in [3.05, 3.63) is 70.4 Å².